The number of aromatic nitrogens is 1. The summed E-state index contributed by atoms with van der Waals surface area (Å²) in [6, 6.07) is 4.38. The minimum Gasteiger partial charge on any atom is -0.389 e. The Bertz CT molecular complexity index is 569. The van der Waals surface area contributed by atoms with Gasteiger partial charge in [-0.05, 0) is 18.2 Å². The summed E-state index contributed by atoms with van der Waals surface area (Å²) in [6.45, 7) is 2.77. The Morgan fingerprint density at radius 1 is 1.58 bits per heavy atom. The number of hydrogen-bond donors (Lipinski definition) is 2. The van der Waals surface area contributed by atoms with Crippen molar-refractivity contribution < 1.29 is 4.39 Å². The highest BCUT2D eigenvalue weighted by Gasteiger charge is 2.11. The summed E-state index contributed by atoms with van der Waals surface area (Å²) in [5.74, 6) is -0.0782. The number of thiocarbonyl (C=S) groups is 1. The number of anilines is 1. The summed E-state index contributed by atoms with van der Waals surface area (Å²) in [4.78, 5) is 4.45. The molecule has 1 unspecified atom stereocenters. The van der Waals surface area contributed by atoms with Gasteiger partial charge < -0.3 is 11.1 Å². The maximum atomic E-state index is 13.2. The highest BCUT2D eigenvalue weighted by molar-refractivity contribution is 7.80. The van der Waals surface area contributed by atoms with Gasteiger partial charge in [0, 0.05) is 35.3 Å². The molecule has 3 N–H and O–H groups in total. The van der Waals surface area contributed by atoms with Crippen molar-refractivity contribution in [2.45, 2.75) is 12.8 Å². The Morgan fingerprint density at radius 3 is 3.00 bits per heavy atom. The van der Waals surface area contributed by atoms with E-state index in [-0.39, 0.29) is 16.7 Å². The molecule has 0 aliphatic carbocycles. The van der Waals surface area contributed by atoms with Gasteiger partial charge in [-0.25, -0.2) is 9.37 Å². The molecule has 100 valence electrons. The van der Waals surface area contributed by atoms with Crippen LogP contribution in [-0.4, -0.2) is 16.5 Å². The third-order valence-electron chi connectivity index (χ3n) is 2.72. The molecule has 0 saturated carbocycles. The minimum atomic E-state index is -0.346. The second-order valence-corrected chi connectivity index (χ2v) is 5.57. The van der Waals surface area contributed by atoms with Crippen molar-refractivity contribution in [3.63, 3.8) is 0 Å². The van der Waals surface area contributed by atoms with Crippen LogP contribution < -0.4 is 11.1 Å². The largest absolute Gasteiger partial charge is 0.389 e. The lowest BCUT2D eigenvalue weighted by molar-refractivity contribution is 0.627. The Kier molecular flexibility index (Phi) is 4.44. The van der Waals surface area contributed by atoms with E-state index >= 15 is 0 Å². The van der Waals surface area contributed by atoms with Gasteiger partial charge in [0.15, 0.2) is 0 Å². The monoisotopic (exact) mass is 295 g/mol. The maximum absolute atomic E-state index is 13.2. The lowest BCUT2D eigenvalue weighted by Crippen LogP contribution is -2.16. The zero-order chi connectivity index (χ0) is 13.8. The Labute approximate surface area is 120 Å². The second-order valence-electron chi connectivity index (χ2n) is 4.21. The standard InChI is InChI=1S/C13H14FN3S2/c1-8(13-16-4-5-19-13)7-17-11-3-2-9(14)6-10(11)12(15)18/h2-6,8,17H,7H2,1H3,(H2,15,18). The van der Waals surface area contributed by atoms with E-state index in [0.717, 1.165) is 10.7 Å². The Balaban J connectivity index is 2.09. The number of benzene rings is 1. The fraction of sp³-hybridized carbons (Fsp3) is 0.231. The first kappa shape index (κ1) is 13.9. The molecule has 1 aromatic heterocycles. The van der Waals surface area contributed by atoms with Crippen LogP contribution in [0.1, 0.15) is 23.4 Å². The molecule has 6 heteroatoms. The summed E-state index contributed by atoms with van der Waals surface area (Å²) < 4.78 is 13.2. The molecule has 0 amide bonds. The highest BCUT2D eigenvalue weighted by Crippen LogP contribution is 2.21. The SMILES string of the molecule is CC(CNc1ccc(F)cc1C(N)=S)c1nccs1. The van der Waals surface area contributed by atoms with E-state index in [2.05, 4.69) is 17.2 Å². The molecule has 0 aliphatic rings. The van der Waals surface area contributed by atoms with Gasteiger partial charge in [0.05, 0.1) is 5.01 Å². The van der Waals surface area contributed by atoms with Crippen LogP contribution in [0.3, 0.4) is 0 Å². The minimum absolute atomic E-state index is 0.184. The number of nitrogens with zero attached hydrogens (tertiary/aromatic N) is 1. The van der Waals surface area contributed by atoms with Crippen molar-refractivity contribution >= 4 is 34.2 Å². The molecule has 0 bridgehead atoms. The van der Waals surface area contributed by atoms with E-state index in [0.29, 0.717) is 12.1 Å². The Hall–Kier alpha value is -1.53. The molecular formula is C13H14FN3S2. The molecule has 1 aromatic carbocycles. The first-order valence-electron chi connectivity index (χ1n) is 5.80. The lowest BCUT2D eigenvalue weighted by atomic mass is 10.1. The van der Waals surface area contributed by atoms with Crippen LogP contribution in [0.2, 0.25) is 0 Å². The predicted octanol–water partition coefficient (Wildman–Crippen LogP) is 3.13. The number of rotatable bonds is 5. The van der Waals surface area contributed by atoms with Gasteiger partial charge in [0.2, 0.25) is 0 Å². The molecule has 19 heavy (non-hydrogen) atoms. The quantitative estimate of drug-likeness (QED) is 0.832. The number of nitrogens with two attached hydrogens (primary N) is 1. The van der Waals surface area contributed by atoms with Gasteiger partial charge in [-0.15, -0.1) is 11.3 Å². The molecule has 1 atom stereocenters. The maximum Gasteiger partial charge on any atom is 0.124 e. The topological polar surface area (TPSA) is 50.9 Å². The fourth-order valence-corrected chi connectivity index (χ4v) is 2.57. The molecule has 0 saturated heterocycles. The van der Waals surface area contributed by atoms with Gasteiger partial charge >= 0.3 is 0 Å². The van der Waals surface area contributed by atoms with Crippen molar-refractivity contribution in [3.05, 3.63) is 46.2 Å². The van der Waals surface area contributed by atoms with Crippen LogP contribution in [0, 0.1) is 5.82 Å². The first-order valence-corrected chi connectivity index (χ1v) is 7.09. The number of hydrogen-bond acceptors (Lipinski definition) is 4. The van der Waals surface area contributed by atoms with Crippen LogP contribution in [0.15, 0.2) is 29.8 Å². The second kappa shape index (κ2) is 6.08. The summed E-state index contributed by atoms with van der Waals surface area (Å²) in [5, 5.41) is 6.25. The van der Waals surface area contributed by atoms with E-state index < -0.39 is 0 Å². The molecule has 2 rings (SSSR count). The van der Waals surface area contributed by atoms with Gasteiger partial charge in [-0.2, -0.15) is 0 Å². The van der Waals surface area contributed by atoms with E-state index in [1.54, 1.807) is 23.6 Å². The summed E-state index contributed by atoms with van der Waals surface area (Å²) in [6.07, 6.45) is 1.79. The number of thiazole rings is 1. The van der Waals surface area contributed by atoms with Crippen molar-refractivity contribution in [1.29, 1.82) is 0 Å². The molecule has 0 aliphatic heterocycles. The van der Waals surface area contributed by atoms with Crippen molar-refractivity contribution in [1.82, 2.24) is 4.98 Å². The average molecular weight is 295 g/mol. The molecule has 0 spiro atoms. The van der Waals surface area contributed by atoms with Gasteiger partial charge in [0.1, 0.15) is 10.8 Å². The van der Waals surface area contributed by atoms with Gasteiger partial charge in [-0.3, -0.25) is 0 Å². The predicted molar refractivity (Wildman–Crippen MR) is 81.3 cm³/mol. The normalized spacial score (nSPS) is 12.1. The average Bonchev–Trinajstić information content (AvgIpc) is 2.90. The van der Waals surface area contributed by atoms with Gasteiger partial charge in [0.25, 0.3) is 0 Å². The van der Waals surface area contributed by atoms with Crippen LogP contribution in [0.5, 0.6) is 0 Å². The van der Waals surface area contributed by atoms with E-state index in [4.69, 9.17) is 18.0 Å². The number of halogens is 1. The Morgan fingerprint density at radius 2 is 2.37 bits per heavy atom. The molecule has 0 radical (unpaired) electrons. The molecule has 0 fully saturated rings. The van der Waals surface area contributed by atoms with Crippen molar-refractivity contribution in [2.24, 2.45) is 5.73 Å². The lowest BCUT2D eigenvalue weighted by Gasteiger charge is -2.14. The third kappa shape index (κ3) is 3.48. The molecule has 2 aromatic rings. The molecular weight excluding hydrogens is 281 g/mol. The van der Waals surface area contributed by atoms with E-state index in [1.807, 2.05) is 5.38 Å². The zero-order valence-electron chi connectivity index (χ0n) is 10.4. The van der Waals surface area contributed by atoms with Gasteiger partial charge in [-0.1, -0.05) is 19.1 Å². The summed E-state index contributed by atoms with van der Waals surface area (Å²) in [7, 11) is 0. The van der Waals surface area contributed by atoms with Crippen LogP contribution in [0.4, 0.5) is 10.1 Å². The third-order valence-corrected chi connectivity index (χ3v) is 3.95. The zero-order valence-corrected chi connectivity index (χ0v) is 12.0. The van der Waals surface area contributed by atoms with E-state index in [9.17, 15) is 4.39 Å². The van der Waals surface area contributed by atoms with Crippen molar-refractivity contribution in [2.75, 3.05) is 11.9 Å². The van der Waals surface area contributed by atoms with Crippen molar-refractivity contribution in [3.8, 4) is 0 Å². The van der Waals surface area contributed by atoms with Crippen LogP contribution >= 0.6 is 23.6 Å². The summed E-state index contributed by atoms with van der Waals surface area (Å²) in [5.41, 5.74) is 6.88. The van der Waals surface area contributed by atoms with Crippen LogP contribution in [-0.2, 0) is 0 Å². The highest BCUT2D eigenvalue weighted by atomic mass is 32.1. The van der Waals surface area contributed by atoms with Crippen LogP contribution in [0.25, 0.3) is 0 Å². The molecule has 1 heterocycles. The van der Waals surface area contributed by atoms with E-state index in [1.165, 1.54) is 12.1 Å². The fourth-order valence-electron chi connectivity index (χ4n) is 1.70. The smallest absolute Gasteiger partial charge is 0.124 e. The number of nitrogens with one attached hydrogen (secondary N) is 1. The summed E-state index contributed by atoms with van der Waals surface area (Å²) >= 11 is 6.55. The first-order chi connectivity index (χ1) is 9.08. The molecule has 3 nitrogen and oxygen atoms in total.